The average Bonchev–Trinajstić information content (AvgIpc) is 3.07. The minimum absolute atomic E-state index is 0.0360. The Bertz CT molecular complexity index is 853. The number of aromatic amines is 1. The minimum Gasteiger partial charge on any atom is -0.378 e. The second kappa shape index (κ2) is 7.78. The summed E-state index contributed by atoms with van der Waals surface area (Å²) >= 11 is 0. The van der Waals surface area contributed by atoms with Crippen LogP contribution in [-0.2, 0) is 26.2 Å². The van der Waals surface area contributed by atoms with Crippen LogP contribution in [0.1, 0.15) is 44.4 Å². The monoisotopic (exact) mass is 403 g/mol. The summed E-state index contributed by atoms with van der Waals surface area (Å²) in [6.07, 6.45) is 3.21. The summed E-state index contributed by atoms with van der Waals surface area (Å²) in [5, 5.41) is 2.66. The molecule has 29 heavy (non-hydrogen) atoms. The molecule has 4 rings (SSSR count). The van der Waals surface area contributed by atoms with Crippen LogP contribution < -0.4 is 15.8 Å². The van der Waals surface area contributed by atoms with Crippen molar-refractivity contribution in [2.24, 2.45) is 0 Å². The van der Waals surface area contributed by atoms with E-state index < -0.39 is 6.04 Å². The van der Waals surface area contributed by atoms with E-state index in [-0.39, 0.29) is 22.8 Å². The summed E-state index contributed by atoms with van der Waals surface area (Å²) in [7, 11) is 0. The summed E-state index contributed by atoms with van der Waals surface area (Å²) in [6.45, 7) is 7.07. The number of morpholine rings is 1. The third-order valence-corrected chi connectivity index (χ3v) is 6.49. The van der Waals surface area contributed by atoms with Gasteiger partial charge in [-0.25, -0.2) is 4.98 Å². The predicted octanol–water partition coefficient (Wildman–Crippen LogP) is -0.0625. The highest BCUT2D eigenvalue weighted by Gasteiger charge is 2.45. The van der Waals surface area contributed by atoms with Crippen molar-refractivity contribution in [2.75, 3.05) is 44.3 Å². The zero-order chi connectivity index (χ0) is 20.6. The molecule has 1 unspecified atom stereocenters. The number of carbonyl (C=O) groups is 2. The molecule has 9 nitrogen and oxygen atoms in total. The highest BCUT2D eigenvalue weighted by Crippen LogP contribution is 2.44. The fraction of sp³-hybridized carbons (Fsp3) is 0.700. The summed E-state index contributed by atoms with van der Waals surface area (Å²) in [4.78, 5) is 48.3. The number of hydrogen-bond acceptors (Lipinski definition) is 6. The second-order valence-electron chi connectivity index (χ2n) is 8.34. The van der Waals surface area contributed by atoms with Crippen LogP contribution in [0.4, 0.5) is 5.95 Å². The number of carbonyl (C=O) groups excluding carboxylic acids is 2. The van der Waals surface area contributed by atoms with Crippen molar-refractivity contribution in [2.45, 2.75) is 51.0 Å². The molecule has 0 aromatic carbocycles. The Labute approximate surface area is 169 Å². The van der Waals surface area contributed by atoms with Gasteiger partial charge in [-0.1, -0.05) is 0 Å². The number of nitrogens with zero attached hydrogens (tertiary/aromatic N) is 3. The number of amides is 2. The van der Waals surface area contributed by atoms with Crippen LogP contribution in [0.25, 0.3) is 0 Å². The smallest absolute Gasteiger partial charge is 0.255 e. The van der Waals surface area contributed by atoms with Gasteiger partial charge >= 0.3 is 0 Å². The van der Waals surface area contributed by atoms with Gasteiger partial charge in [-0.15, -0.1) is 0 Å². The van der Waals surface area contributed by atoms with Crippen LogP contribution in [0.2, 0.25) is 0 Å². The molecule has 1 atom stereocenters. The molecule has 0 bridgehead atoms. The molecular formula is C20H29N5O4. The third kappa shape index (κ3) is 3.75. The van der Waals surface area contributed by atoms with E-state index in [0.29, 0.717) is 32.3 Å². The van der Waals surface area contributed by atoms with Crippen LogP contribution in [0.15, 0.2) is 4.79 Å². The Kier molecular flexibility index (Phi) is 5.33. The lowest BCUT2D eigenvalue weighted by molar-refractivity contribution is -0.137. The average molecular weight is 403 g/mol. The van der Waals surface area contributed by atoms with E-state index >= 15 is 0 Å². The first-order valence-corrected chi connectivity index (χ1v) is 10.4. The predicted molar refractivity (Wildman–Crippen MR) is 107 cm³/mol. The van der Waals surface area contributed by atoms with Gasteiger partial charge in [0.1, 0.15) is 6.04 Å². The van der Waals surface area contributed by atoms with Crippen LogP contribution in [0.3, 0.4) is 0 Å². The van der Waals surface area contributed by atoms with Crippen molar-refractivity contribution in [1.82, 2.24) is 20.2 Å². The first kappa shape index (κ1) is 19.9. The van der Waals surface area contributed by atoms with Crippen molar-refractivity contribution in [3.63, 3.8) is 0 Å². The summed E-state index contributed by atoms with van der Waals surface area (Å²) in [5.74, 6) is 0.375. The highest BCUT2D eigenvalue weighted by atomic mass is 16.5. The van der Waals surface area contributed by atoms with Crippen molar-refractivity contribution in [1.29, 1.82) is 0 Å². The standard InChI is InChI=1S/C20H29N5O4/c1-13(21-14(2)26)18(28)24-7-5-20(6-8-24)4-3-15-16(20)22-19(23-17(15)27)25-9-11-29-12-10-25/h13H,3-12H2,1-2H3,(H,21,26)(H,22,23,27). The number of rotatable bonds is 3. The van der Waals surface area contributed by atoms with Gasteiger partial charge in [0.25, 0.3) is 5.56 Å². The molecule has 1 aromatic heterocycles. The lowest BCUT2D eigenvalue weighted by atomic mass is 9.76. The molecule has 2 fully saturated rings. The van der Waals surface area contributed by atoms with Gasteiger partial charge in [0.05, 0.1) is 18.9 Å². The Balaban J connectivity index is 1.52. The zero-order valence-corrected chi connectivity index (χ0v) is 17.1. The quantitative estimate of drug-likeness (QED) is 0.732. The number of ether oxygens (including phenoxy) is 1. The molecule has 0 radical (unpaired) electrons. The second-order valence-corrected chi connectivity index (χ2v) is 8.34. The Hall–Kier alpha value is -2.42. The maximum Gasteiger partial charge on any atom is 0.255 e. The van der Waals surface area contributed by atoms with Gasteiger partial charge in [0.15, 0.2) is 0 Å². The lowest BCUT2D eigenvalue weighted by Gasteiger charge is -2.40. The molecule has 3 aliphatic rings. The van der Waals surface area contributed by atoms with Gasteiger partial charge < -0.3 is 19.9 Å². The molecule has 2 aliphatic heterocycles. The Morgan fingerprint density at radius 1 is 1.17 bits per heavy atom. The molecule has 1 aromatic rings. The first-order valence-electron chi connectivity index (χ1n) is 10.4. The topological polar surface area (TPSA) is 108 Å². The summed E-state index contributed by atoms with van der Waals surface area (Å²) in [6, 6.07) is -0.522. The number of piperidine rings is 1. The van der Waals surface area contributed by atoms with E-state index in [1.165, 1.54) is 6.92 Å². The van der Waals surface area contributed by atoms with Crippen molar-refractivity contribution in [3.8, 4) is 0 Å². The molecule has 158 valence electrons. The number of aromatic nitrogens is 2. The number of anilines is 1. The van der Waals surface area contributed by atoms with E-state index in [9.17, 15) is 14.4 Å². The fourth-order valence-electron chi connectivity index (χ4n) is 4.85. The number of likely N-dealkylation sites (tertiary alicyclic amines) is 1. The van der Waals surface area contributed by atoms with E-state index in [2.05, 4.69) is 15.2 Å². The first-order chi connectivity index (χ1) is 13.9. The number of nitrogens with one attached hydrogen (secondary N) is 2. The molecule has 1 spiro atoms. The molecule has 0 saturated carbocycles. The van der Waals surface area contributed by atoms with Crippen molar-refractivity contribution < 1.29 is 14.3 Å². The molecule has 2 N–H and O–H groups in total. The van der Waals surface area contributed by atoms with E-state index in [1.54, 1.807) is 6.92 Å². The molecule has 2 saturated heterocycles. The Morgan fingerprint density at radius 3 is 2.52 bits per heavy atom. The normalized spacial score (nSPS) is 21.7. The number of H-pyrrole nitrogens is 1. The lowest BCUT2D eigenvalue weighted by Crippen LogP contribution is -2.51. The molecule has 2 amide bonds. The molecule has 9 heteroatoms. The van der Waals surface area contributed by atoms with E-state index in [4.69, 9.17) is 9.72 Å². The number of hydrogen-bond donors (Lipinski definition) is 2. The van der Waals surface area contributed by atoms with Gasteiger partial charge in [-0.3, -0.25) is 19.4 Å². The zero-order valence-electron chi connectivity index (χ0n) is 17.1. The highest BCUT2D eigenvalue weighted by molar-refractivity contribution is 5.86. The third-order valence-electron chi connectivity index (χ3n) is 6.49. The van der Waals surface area contributed by atoms with E-state index in [1.807, 2.05) is 4.90 Å². The van der Waals surface area contributed by atoms with Crippen molar-refractivity contribution >= 4 is 17.8 Å². The van der Waals surface area contributed by atoms with Crippen LogP contribution in [0.5, 0.6) is 0 Å². The van der Waals surface area contributed by atoms with Crippen molar-refractivity contribution in [3.05, 3.63) is 21.6 Å². The summed E-state index contributed by atoms with van der Waals surface area (Å²) < 4.78 is 5.41. The van der Waals surface area contributed by atoms with E-state index in [0.717, 1.165) is 50.0 Å². The fourth-order valence-corrected chi connectivity index (χ4v) is 4.85. The largest absolute Gasteiger partial charge is 0.378 e. The maximum absolute atomic E-state index is 12.7. The SMILES string of the molecule is CC(=O)NC(C)C(=O)N1CCC2(CCc3c2nc(N2CCOCC2)[nH]c3=O)CC1. The van der Waals surface area contributed by atoms with Crippen LogP contribution in [-0.4, -0.2) is 72.1 Å². The van der Waals surface area contributed by atoms with Crippen LogP contribution >= 0.6 is 0 Å². The maximum atomic E-state index is 12.7. The molecular weight excluding hydrogens is 374 g/mol. The minimum atomic E-state index is -0.522. The van der Waals surface area contributed by atoms with Crippen LogP contribution in [0, 0.1) is 0 Å². The molecule has 1 aliphatic carbocycles. The molecule has 3 heterocycles. The van der Waals surface area contributed by atoms with Gasteiger partial charge in [0.2, 0.25) is 17.8 Å². The number of fused-ring (bicyclic) bond motifs is 2. The Morgan fingerprint density at radius 2 is 1.86 bits per heavy atom. The van der Waals surface area contributed by atoms with Gasteiger partial charge in [-0.2, -0.15) is 0 Å². The summed E-state index contributed by atoms with van der Waals surface area (Å²) in [5.41, 5.74) is 1.54. The van der Waals surface area contributed by atoms with Gasteiger partial charge in [-0.05, 0) is 32.6 Å². The van der Waals surface area contributed by atoms with Gasteiger partial charge in [0, 0.05) is 44.1 Å².